The monoisotopic (exact) mass is 391 g/mol. The Bertz CT molecular complexity index is 639. The lowest BCUT2D eigenvalue weighted by molar-refractivity contribution is -0.119. The number of amides is 1. The molecule has 1 aromatic carbocycles. The number of anilines is 1. The van der Waals surface area contributed by atoms with Crippen molar-refractivity contribution >= 4 is 50.1 Å². The number of ether oxygens (including phenoxy) is 1. The van der Waals surface area contributed by atoms with E-state index in [0.29, 0.717) is 25.3 Å². The summed E-state index contributed by atoms with van der Waals surface area (Å²) in [4.78, 5) is 11.3. The number of aromatic nitrogens is 2. The van der Waals surface area contributed by atoms with Crippen molar-refractivity contribution in [2.45, 2.75) is 10.1 Å². The molecule has 0 radical (unpaired) electrons. The Kier molecular flexibility index (Phi) is 6.09. The molecule has 21 heavy (non-hydrogen) atoms. The van der Waals surface area contributed by atoms with Gasteiger partial charge in [0.25, 0.3) is 5.91 Å². The predicted molar refractivity (Wildman–Crippen MR) is 84.1 cm³/mol. The molecule has 112 valence electrons. The molecule has 0 aliphatic carbocycles. The van der Waals surface area contributed by atoms with E-state index in [4.69, 9.17) is 4.74 Å². The Morgan fingerprint density at radius 3 is 3.10 bits per heavy atom. The maximum absolute atomic E-state index is 13.8. The number of nitrogens with zero attached hydrogens (tertiary/aromatic N) is 2. The highest BCUT2D eigenvalue weighted by atomic mass is 79.9. The Morgan fingerprint density at radius 2 is 2.33 bits per heavy atom. The molecule has 1 aromatic heterocycles. The number of thioether (sulfide) groups is 1. The highest BCUT2D eigenvalue weighted by Gasteiger charge is 2.10. The summed E-state index contributed by atoms with van der Waals surface area (Å²) in [7, 11) is 1.44. The molecule has 0 atom stereocenters. The third-order valence-electron chi connectivity index (χ3n) is 2.31. The fraction of sp³-hybridized carbons (Fsp3) is 0.250. The van der Waals surface area contributed by atoms with E-state index in [1.807, 2.05) is 0 Å². The molecule has 0 aliphatic heterocycles. The van der Waals surface area contributed by atoms with Crippen molar-refractivity contribution in [3.8, 4) is 0 Å². The average molecular weight is 392 g/mol. The first-order valence-electron chi connectivity index (χ1n) is 5.78. The minimum atomic E-state index is -0.289. The normalized spacial score (nSPS) is 10.6. The number of carbonyl (C=O) groups is 1. The first-order chi connectivity index (χ1) is 10.1. The highest BCUT2D eigenvalue weighted by molar-refractivity contribution is 9.10. The van der Waals surface area contributed by atoms with Crippen molar-refractivity contribution in [1.82, 2.24) is 10.2 Å². The molecule has 2 rings (SSSR count). The number of halogens is 2. The number of methoxy groups -OCH3 is 1. The smallest absolute Gasteiger partial charge is 0.252 e. The van der Waals surface area contributed by atoms with Crippen LogP contribution < -0.4 is 5.32 Å². The van der Waals surface area contributed by atoms with Crippen molar-refractivity contribution in [2.24, 2.45) is 0 Å². The van der Waals surface area contributed by atoms with Crippen LogP contribution >= 0.6 is 39.0 Å². The largest absolute Gasteiger partial charge is 0.375 e. The fourth-order valence-corrected chi connectivity index (χ4v) is 3.56. The number of carbonyl (C=O) groups excluding carboxylic acids is 1. The van der Waals surface area contributed by atoms with Crippen LogP contribution in [0, 0.1) is 5.82 Å². The van der Waals surface area contributed by atoms with Crippen LogP contribution in [0.15, 0.2) is 27.0 Å². The summed E-state index contributed by atoms with van der Waals surface area (Å²) in [5.74, 6) is -0.127. The van der Waals surface area contributed by atoms with E-state index in [1.165, 1.54) is 30.2 Å². The van der Waals surface area contributed by atoms with Crippen molar-refractivity contribution in [3.63, 3.8) is 0 Å². The van der Waals surface area contributed by atoms with Crippen LogP contribution in [0.25, 0.3) is 0 Å². The first-order valence-corrected chi connectivity index (χ1v) is 8.37. The van der Waals surface area contributed by atoms with Gasteiger partial charge in [0.1, 0.15) is 12.4 Å². The van der Waals surface area contributed by atoms with E-state index >= 15 is 0 Å². The zero-order valence-corrected chi connectivity index (χ0v) is 14.1. The molecule has 0 bridgehead atoms. The van der Waals surface area contributed by atoms with Crippen LogP contribution in [0.3, 0.4) is 0 Å². The Labute approximate surface area is 137 Å². The topological polar surface area (TPSA) is 64.1 Å². The van der Waals surface area contributed by atoms with Gasteiger partial charge in [0.05, 0.1) is 4.47 Å². The third kappa shape index (κ3) is 4.73. The lowest BCUT2D eigenvalue weighted by atomic mass is 10.2. The molecule has 0 spiro atoms. The molecule has 0 aliphatic rings. The third-order valence-corrected chi connectivity index (χ3v) is 4.94. The van der Waals surface area contributed by atoms with Gasteiger partial charge in [0.15, 0.2) is 4.34 Å². The molecule has 0 saturated carbocycles. The SMILES string of the molecule is COCC(=O)Nc1nnc(SCc2cccc(Br)c2F)s1. The zero-order chi connectivity index (χ0) is 15.2. The van der Waals surface area contributed by atoms with Gasteiger partial charge in [-0.2, -0.15) is 0 Å². The molecular weight excluding hydrogens is 381 g/mol. The molecule has 1 amide bonds. The second kappa shape index (κ2) is 7.83. The summed E-state index contributed by atoms with van der Waals surface area (Å²) in [6.07, 6.45) is 0. The van der Waals surface area contributed by atoms with Gasteiger partial charge < -0.3 is 4.74 Å². The maximum Gasteiger partial charge on any atom is 0.252 e. The second-order valence-corrected chi connectivity index (χ2v) is 6.91. The molecular formula is C12H11BrFN3O2S2. The molecule has 0 saturated heterocycles. The maximum atomic E-state index is 13.8. The van der Waals surface area contributed by atoms with Crippen LogP contribution in [-0.2, 0) is 15.3 Å². The van der Waals surface area contributed by atoms with Crippen molar-refractivity contribution in [1.29, 1.82) is 0 Å². The standard InChI is InChI=1S/C12H11BrFN3O2S2/c1-19-5-9(18)15-11-16-17-12(21-11)20-6-7-3-2-4-8(13)10(7)14/h2-4H,5-6H2,1H3,(H,15,16,18). The van der Waals surface area contributed by atoms with Gasteiger partial charge in [0.2, 0.25) is 5.13 Å². The fourth-order valence-electron chi connectivity index (χ4n) is 1.40. The minimum Gasteiger partial charge on any atom is -0.375 e. The van der Waals surface area contributed by atoms with Gasteiger partial charge in [-0.3, -0.25) is 10.1 Å². The summed E-state index contributed by atoms with van der Waals surface area (Å²) in [5, 5.41) is 10.8. The lowest BCUT2D eigenvalue weighted by Crippen LogP contribution is -2.16. The number of hydrogen-bond donors (Lipinski definition) is 1. The Hall–Kier alpha value is -1.03. The Morgan fingerprint density at radius 1 is 1.52 bits per heavy atom. The summed E-state index contributed by atoms with van der Waals surface area (Å²) in [5.41, 5.74) is 0.578. The first kappa shape index (κ1) is 16.3. The number of nitrogens with one attached hydrogen (secondary N) is 1. The number of benzene rings is 1. The molecule has 1 heterocycles. The Balaban J connectivity index is 1.94. The minimum absolute atomic E-state index is 0.0364. The molecule has 0 fully saturated rings. The van der Waals surface area contributed by atoms with E-state index in [0.717, 1.165) is 0 Å². The van der Waals surface area contributed by atoms with Crippen LogP contribution in [0.1, 0.15) is 5.56 Å². The quantitative estimate of drug-likeness (QED) is 0.604. The van der Waals surface area contributed by atoms with Gasteiger partial charge in [-0.15, -0.1) is 10.2 Å². The lowest BCUT2D eigenvalue weighted by Gasteiger charge is -2.02. The van der Waals surface area contributed by atoms with Crippen LogP contribution in [0.5, 0.6) is 0 Å². The summed E-state index contributed by atoms with van der Waals surface area (Å²) in [6, 6.07) is 5.15. The average Bonchev–Trinajstić information content (AvgIpc) is 2.88. The van der Waals surface area contributed by atoms with E-state index in [2.05, 4.69) is 31.4 Å². The van der Waals surface area contributed by atoms with E-state index in [1.54, 1.807) is 18.2 Å². The van der Waals surface area contributed by atoms with Gasteiger partial charge in [-0.1, -0.05) is 35.2 Å². The number of rotatable bonds is 6. The van der Waals surface area contributed by atoms with Gasteiger partial charge >= 0.3 is 0 Å². The van der Waals surface area contributed by atoms with Crippen LogP contribution in [0.2, 0.25) is 0 Å². The molecule has 0 unspecified atom stereocenters. The van der Waals surface area contributed by atoms with Crippen molar-refractivity contribution in [2.75, 3.05) is 19.0 Å². The molecule has 2 aromatic rings. The van der Waals surface area contributed by atoms with Crippen LogP contribution in [0.4, 0.5) is 9.52 Å². The molecule has 1 N–H and O–H groups in total. The van der Waals surface area contributed by atoms with Gasteiger partial charge in [-0.25, -0.2) is 4.39 Å². The number of hydrogen-bond acceptors (Lipinski definition) is 6. The summed E-state index contributed by atoms with van der Waals surface area (Å²) < 4.78 is 19.6. The second-order valence-electron chi connectivity index (χ2n) is 3.86. The predicted octanol–water partition coefficient (Wildman–Crippen LogP) is 3.32. The van der Waals surface area contributed by atoms with E-state index < -0.39 is 0 Å². The highest BCUT2D eigenvalue weighted by Crippen LogP contribution is 2.30. The van der Waals surface area contributed by atoms with Gasteiger partial charge in [0, 0.05) is 12.9 Å². The summed E-state index contributed by atoms with van der Waals surface area (Å²) in [6.45, 7) is -0.0364. The molecule has 9 heteroatoms. The van der Waals surface area contributed by atoms with Crippen LogP contribution in [-0.4, -0.2) is 29.8 Å². The zero-order valence-electron chi connectivity index (χ0n) is 10.9. The van der Waals surface area contributed by atoms with E-state index in [9.17, 15) is 9.18 Å². The van der Waals surface area contributed by atoms with Crippen molar-refractivity contribution in [3.05, 3.63) is 34.1 Å². The van der Waals surface area contributed by atoms with Gasteiger partial charge in [-0.05, 0) is 27.6 Å². The van der Waals surface area contributed by atoms with E-state index in [-0.39, 0.29) is 18.3 Å². The van der Waals surface area contributed by atoms with Crippen molar-refractivity contribution < 1.29 is 13.9 Å². The summed E-state index contributed by atoms with van der Waals surface area (Å²) >= 11 is 5.74. The molecule has 5 nitrogen and oxygen atoms in total.